The summed E-state index contributed by atoms with van der Waals surface area (Å²) < 4.78 is 17.5. The Bertz CT molecular complexity index is 1920. The van der Waals surface area contributed by atoms with Crippen molar-refractivity contribution in [3.05, 3.63) is 97.5 Å². The van der Waals surface area contributed by atoms with Gasteiger partial charge < -0.3 is 24.0 Å². The van der Waals surface area contributed by atoms with E-state index < -0.39 is 5.60 Å². The molecule has 3 heterocycles. The molecular formula is C44H52Cl3N3O5. The van der Waals surface area contributed by atoms with Gasteiger partial charge in [0.15, 0.2) is 5.75 Å². The van der Waals surface area contributed by atoms with E-state index in [0.717, 1.165) is 73.0 Å². The summed E-state index contributed by atoms with van der Waals surface area (Å²) in [6.45, 7) is 10.2. The molecule has 2 saturated heterocycles. The number of halogens is 3. The maximum absolute atomic E-state index is 15.1. The molecule has 8 nitrogen and oxygen atoms in total. The molecular weight excluding hydrogens is 757 g/mol. The van der Waals surface area contributed by atoms with Crippen LogP contribution >= 0.6 is 34.8 Å². The molecule has 1 aliphatic carbocycles. The summed E-state index contributed by atoms with van der Waals surface area (Å²) in [7, 11) is 1.71. The fourth-order valence-corrected chi connectivity index (χ4v) is 9.23. The smallest absolute Gasteiger partial charge is 0.411 e. The summed E-state index contributed by atoms with van der Waals surface area (Å²) in [6, 6.07) is 18.1. The van der Waals surface area contributed by atoms with Gasteiger partial charge in [-0.1, -0.05) is 59.1 Å². The number of hydrogen-bond acceptors (Lipinski definition) is 6. The van der Waals surface area contributed by atoms with Crippen LogP contribution in [0.3, 0.4) is 0 Å². The highest BCUT2D eigenvalue weighted by molar-refractivity contribution is 6.37. The number of benzene rings is 3. The minimum absolute atomic E-state index is 0.0192. The monoisotopic (exact) mass is 807 g/mol. The molecule has 1 saturated carbocycles. The van der Waals surface area contributed by atoms with E-state index >= 15 is 4.79 Å². The second kappa shape index (κ2) is 16.6. The molecule has 3 fully saturated rings. The standard InChI is InChI=1S/C44H52Cl3N3O5/c1-27-21-37(46)41(38(47)22-27)54-34-18-19-48(26-34)31-11-9-29(10-12-31)35-24-33-15-17-39(50(33)43(52)55-44(2,3)4)40(35)42(51)49(32-13-14-32)25-30-23-28(7-6-20-53-5)8-16-36(30)45/h8-12,16,21-23,32-34,39H,6-7,13-15,17-20,24-26H2,1-5H3. The summed E-state index contributed by atoms with van der Waals surface area (Å²) in [6.07, 6.45) is 6.21. The lowest BCUT2D eigenvalue weighted by Crippen LogP contribution is -2.50. The predicted octanol–water partition coefficient (Wildman–Crippen LogP) is 10.3. The fraction of sp³-hybridized carbons (Fsp3) is 0.500. The largest absolute Gasteiger partial charge is 0.485 e. The molecule has 3 aromatic carbocycles. The van der Waals surface area contributed by atoms with Crippen molar-refractivity contribution in [1.82, 2.24) is 9.80 Å². The topological polar surface area (TPSA) is 71.6 Å². The van der Waals surface area contributed by atoms with E-state index in [1.54, 1.807) is 7.11 Å². The van der Waals surface area contributed by atoms with Gasteiger partial charge in [-0.2, -0.15) is 0 Å². The molecule has 3 unspecified atom stereocenters. The highest BCUT2D eigenvalue weighted by Crippen LogP contribution is 2.46. The maximum Gasteiger partial charge on any atom is 0.411 e. The molecule has 4 aliphatic rings. The lowest BCUT2D eigenvalue weighted by atomic mass is 9.87. The fourth-order valence-electron chi connectivity index (χ4n) is 8.36. The van der Waals surface area contributed by atoms with Crippen molar-refractivity contribution in [3.8, 4) is 5.75 Å². The summed E-state index contributed by atoms with van der Waals surface area (Å²) in [5.74, 6) is 0.513. The predicted molar refractivity (Wildman–Crippen MR) is 221 cm³/mol. The van der Waals surface area contributed by atoms with Crippen LogP contribution < -0.4 is 9.64 Å². The van der Waals surface area contributed by atoms with Crippen LogP contribution in [-0.2, 0) is 27.2 Å². The number of nitrogens with zero attached hydrogens (tertiary/aromatic N) is 3. The Labute approximate surface area is 340 Å². The van der Waals surface area contributed by atoms with Crippen LogP contribution in [0.1, 0.15) is 88.0 Å². The number of rotatable bonds is 12. The molecule has 11 heteroatoms. The third kappa shape index (κ3) is 9.09. The summed E-state index contributed by atoms with van der Waals surface area (Å²) in [4.78, 5) is 35.1. The molecule has 0 N–H and O–H groups in total. The lowest BCUT2D eigenvalue weighted by Gasteiger charge is -2.39. The minimum Gasteiger partial charge on any atom is -0.485 e. The van der Waals surface area contributed by atoms with Crippen molar-refractivity contribution in [1.29, 1.82) is 0 Å². The van der Waals surface area contributed by atoms with Gasteiger partial charge in [-0.25, -0.2) is 4.79 Å². The van der Waals surface area contributed by atoms with E-state index in [1.165, 1.54) is 5.56 Å². The molecule has 0 aromatic heterocycles. The maximum atomic E-state index is 15.1. The van der Waals surface area contributed by atoms with Crippen LogP contribution in [0.25, 0.3) is 5.57 Å². The molecule has 0 radical (unpaired) electrons. The Kier molecular flexibility index (Phi) is 12.0. The van der Waals surface area contributed by atoms with E-state index in [1.807, 2.05) is 55.7 Å². The van der Waals surface area contributed by atoms with Crippen LogP contribution in [0.2, 0.25) is 15.1 Å². The van der Waals surface area contributed by atoms with Crippen molar-refractivity contribution in [3.63, 3.8) is 0 Å². The number of carbonyl (C=O) groups excluding carboxylic acids is 2. The lowest BCUT2D eigenvalue weighted by molar-refractivity contribution is -0.129. The highest BCUT2D eigenvalue weighted by atomic mass is 35.5. The third-order valence-corrected chi connectivity index (χ3v) is 12.0. The van der Waals surface area contributed by atoms with Crippen molar-refractivity contribution in [2.45, 2.75) is 115 Å². The molecule has 2 bridgehead atoms. The number of aryl methyl sites for hydroxylation is 2. The van der Waals surface area contributed by atoms with Gasteiger partial charge in [-0.15, -0.1) is 0 Å². The van der Waals surface area contributed by atoms with Crippen LogP contribution in [0.15, 0.2) is 60.2 Å². The summed E-state index contributed by atoms with van der Waals surface area (Å²) >= 11 is 19.8. The number of hydrogen-bond donors (Lipinski definition) is 0. The van der Waals surface area contributed by atoms with Gasteiger partial charge in [0.05, 0.1) is 22.6 Å². The van der Waals surface area contributed by atoms with E-state index in [-0.39, 0.29) is 36.2 Å². The molecule has 55 heavy (non-hydrogen) atoms. The van der Waals surface area contributed by atoms with Crippen LogP contribution in [0, 0.1) is 6.92 Å². The van der Waals surface area contributed by atoms with Crippen molar-refractivity contribution in [2.75, 3.05) is 31.7 Å². The van der Waals surface area contributed by atoms with E-state index in [9.17, 15) is 4.79 Å². The first-order valence-corrected chi connectivity index (χ1v) is 20.7. The summed E-state index contributed by atoms with van der Waals surface area (Å²) in [5, 5.41) is 1.69. The third-order valence-electron chi connectivity index (χ3n) is 11.1. The van der Waals surface area contributed by atoms with Crippen molar-refractivity contribution < 1.29 is 23.8 Å². The van der Waals surface area contributed by atoms with Gasteiger partial charge in [-0.05, 0) is 131 Å². The van der Waals surface area contributed by atoms with E-state index in [2.05, 4.69) is 41.3 Å². The minimum atomic E-state index is -0.649. The molecule has 3 atom stereocenters. The number of methoxy groups -OCH3 is 1. The number of anilines is 1. The number of amides is 2. The van der Waals surface area contributed by atoms with Gasteiger partial charge >= 0.3 is 6.09 Å². The van der Waals surface area contributed by atoms with Gasteiger partial charge in [0.1, 0.15) is 11.7 Å². The highest BCUT2D eigenvalue weighted by Gasteiger charge is 2.49. The SMILES string of the molecule is COCCCc1ccc(Cl)c(CN(C(=O)C2=C(c3ccc(N4CCC(Oc5c(Cl)cc(C)cc5Cl)C4)cc3)CC3CCC2N3C(=O)OC(C)(C)C)C2CC2)c1. The van der Waals surface area contributed by atoms with Gasteiger partial charge in [0, 0.05) is 61.6 Å². The van der Waals surface area contributed by atoms with Crippen LogP contribution in [0.4, 0.5) is 10.5 Å². The van der Waals surface area contributed by atoms with Gasteiger partial charge in [0.2, 0.25) is 0 Å². The number of ether oxygens (including phenoxy) is 3. The van der Waals surface area contributed by atoms with Gasteiger partial charge in [-0.3, -0.25) is 9.69 Å². The quantitative estimate of drug-likeness (QED) is 0.170. The van der Waals surface area contributed by atoms with Crippen LogP contribution in [-0.4, -0.2) is 78.4 Å². The zero-order valence-corrected chi connectivity index (χ0v) is 34.8. The van der Waals surface area contributed by atoms with E-state index in [4.69, 9.17) is 49.0 Å². The number of carbonyl (C=O) groups is 2. The Balaban J connectivity index is 1.17. The average molecular weight is 809 g/mol. The zero-order chi connectivity index (χ0) is 39.0. The first-order valence-electron chi connectivity index (χ1n) is 19.6. The van der Waals surface area contributed by atoms with Crippen LogP contribution in [0.5, 0.6) is 5.75 Å². The number of fused-ring (bicyclic) bond motifs is 2. The van der Waals surface area contributed by atoms with Gasteiger partial charge in [0.25, 0.3) is 5.91 Å². The van der Waals surface area contributed by atoms with Crippen molar-refractivity contribution in [2.24, 2.45) is 0 Å². The average Bonchev–Trinajstić information content (AvgIpc) is 3.78. The summed E-state index contributed by atoms with van der Waals surface area (Å²) in [5.41, 5.74) is 6.25. The molecule has 0 spiro atoms. The first kappa shape index (κ1) is 39.8. The molecule has 2 amide bonds. The van der Waals surface area contributed by atoms with E-state index in [0.29, 0.717) is 58.9 Å². The zero-order valence-electron chi connectivity index (χ0n) is 32.5. The molecule has 7 rings (SSSR count). The van der Waals surface area contributed by atoms with Crippen molar-refractivity contribution >= 4 is 58.1 Å². The Morgan fingerprint density at radius 3 is 2.31 bits per heavy atom. The Morgan fingerprint density at radius 2 is 1.64 bits per heavy atom. The Hall–Kier alpha value is -3.43. The normalized spacial score (nSPS) is 21.0. The molecule has 3 aromatic rings. The first-order chi connectivity index (χ1) is 26.3. The Morgan fingerprint density at radius 1 is 0.909 bits per heavy atom. The second-order valence-electron chi connectivity index (χ2n) is 16.5. The molecule has 3 aliphatic heterocycles. The molecule has 294 valence electrons. The second-order valence-corrected chi connectivity index (χ2v) is 17.7.